The van der Waals surface area contributed by atoms with Crippen LogP contribution in [0.25, 0.3) is 21.5 Å². The van der Waals surface area contributed by atoms with Crippen molar-refractivity contribution in [1.82, 2.24) is 14.5 Å². The number of piperidine rings is 1. The molecule has 124 valence electrons. The number of benzene rings is 1. The molecule has 2 aromatic rings. The molecule has 1 aliphatic rings. The van der Waals surface area contributed by atoms with Crippen LogP contribution < -0.4 is 11.0 Å². The van der Waals surface area contributed by atoms with Gasteiger partial charge in [0.2, 0.25) is 11.8 Å². The van der Waals surface area contributed by atoms with Gasteiger partial charge < -0.3 is 0 Å². The van der Waals surface area contributed by atoms with Crippen molar-refractivity contribution in [2.24, 2.45) is 12.2 Å². The van der Waals surface area contributed by atoms with Crippen molar-refractivity contribution >= 4 is 22.8 Å². The summed E-state index contributed by atoms with van der Waals surface area (Å²) >= 11 is 0. The van der Waals surface area contributed by atoms with Crippen molar-refractivity contribution in [3.63, 3.8) is 0 Å². The lowest BCUT2D eigenvalue weighted by atomic mass is 10.1. The maximum absolute atomic E-state index is 12.6. The molecule has 1 N–H and O–H groups in total. The molecule has 0 radical (unpaired) electrons. The first-order valence-corrected chi connectivity index (χ1v) is 7.57. The quantitative estimate of drug-likeness (QED) is 0.392. The van der Waals surface area contributed by atoms with Crippen molar-refractivity contribution in [2.45, 2.75) is 25.3 Å². The molecule has 1 unspecified atom stereocenters. The Morgan fingerprint density at radius 3 is 2.83 bits per heavy atom. The fourth-order valence-electron chi connectivity index (χ4n) is 3.02. The lowest BCUT2D eigenvalue weighted by Gasteiger charge is -2.21. The fraction of sp³-hybridized carbons (Fsp3) is 0.400. The number of fused-ring (bicyclic) bond motifs is 1. The number of hydrogen-bond acceptors (Lipinski definition) is 4. The molecule has 1 atom stereocenters. The summed E-state index contributed by atoms with van der Waals surface area (Å²) in [5, 5.41) is 5.79. The Bertz CT molecular complexity index is 935. The second kappa shape index (κ2) is 6.21. The van der Waals surface area contributed by atoms with E-state index in [1.54, 1.807) is 13.1 Å². The van der Waals surface area contributed by atoms with Crippen molar-refractivity contribution in [1.29, 1.82) is 0 Å². The van der Waals surface area contributed by atoms with Crippen molar-refractivity contribution < 1.29 is 9.59 Å². The molecule has 24 heavy (non-hydrogen) atoms. The molecule has 1 aromatic heterocycles. The SMILES string of the molecule is Cn1c(=O)n(C2CCC(=O)NC2=O)c2ccc(CCN=[N+]=[N-])cc21. The number of rotatable bonds is 4. The van der Waals surface area contributed by atoms with E-state index in [0.717, 1.165) is 5.56 Å². The first-order chi connectivity index (χ1) is 11.5. The predicted octanol–water partition coefficient (Wildman–Crippen LogP) is 1.17. The molecule has 1 aliphatic heterocycles. The molecule has 9 nitrogen and oxygen atoms in total. The van der Waals surface area contributed by atoms with Crippen LogP contribution in [-0.2, 0) is 23.1 Å². The van der Waals surface area contributed by atoms with Gasteiger partial charge in [0, 0.05) is 24.9 Å². The number of hydrogen-bond donors (Lipinski definition) is 1. The summed E-state index contributed by atoms with van der Waals surface area (Å²) in [4.78, 5) is 38.7. The van der Waals surface area contributed by atoms with Crippen LogP contribution in [0.4, 0.5) is 0 Å². The van der Waals surface area contributed by atoms with Gasteiger partial charge in [-0.25, -0.2) is 4.79 Å². The number of imide groups is 1. The average Bonchev–Trinajstić information content (AvgIpc) is 2.80. The van der Waals surface area contributed by atoms with E-state index in [-0.39, 0.29) is 18.0 Å². The molecule has 0 bridgehead atoms. The van der Waals surface area contributed by atoms with Crippen LogP contribution >= 0.6 is 0 Å². The zero-order chi connectivity index (χ0) is 17.3. The molecule has 1 fully saturated rings. The van der Waals surface area contributed by atoms with Gasteiger partial charge in [0.25, 0.3) is 0 Å². The molecule has 9 heteroatoms. The Morgan fingerprint density at radius 2 is 2.12 bits per heavy atom. The molecule has 0 aliphatic carbocycles. The van der Waals surface area contributed by atoms with Gasteiger partial charge >= 0.3 is 5.69 Å². The summed E-state index contributed by atoms with van der Waals surface area (Å²) in [5.74, 6) is -0.766. The first-order valence-electron chi connectivity index (χ1n) is 7.57. The number of aromatic nitrogens is 2. The Balaban J connectivity index is 2.05. The molecular formula is C15H16N6O3. The summed E-state index contributed by atoms with van der Waals surface area (Å²) in [7, 11) is 1.64. The molecule has 2 amide bonds. The lowest BCUT2D eigenvalue weighted by Crippen LogP contribution is -2.44. The Kier molecular flexibility index (Phi) is 4.09. The first kappa shape index (κ1) is 15.8. The molecule has 0 saturated carbocycles. The second-order valence-corrected chi connectivity index (χ2v) is 5.71. The number of imidazole rings is 1. The Labute approximate surface area is 136 Å². The van der Waals surface area contributed by atoms with Crippen LogP contribution in [0.3, 0.4) is 0 Å². The molecule has 1 saturated heterocycles. The number of amides is 2. The number of aryl methyl sites for hydroxylation is 1. The summed E-state index contributed by atoms with van der Waals surface area (Å²) in [6, 6.07) is 4.79. The number of carbonyl (C=O) groups is 2. The molecular weight excluding hydrogens is 312 g/mol. The summed E-state index contributed by atoms with van der Waals surface area (Å²) < 4.78 is 2.92. The highest BCUT2D eigenvalue weighted by Crippen LogP contribution is 2.23. The number of carbonyl (C=O) groups excluding carboxylic acids is 2. The fourth-order valence-corrected chi connectivity index (χ4v) is 3.02. The summed E-state index contributed by atoms with van der Waals surface area (Å²) in [5.41, 5.74) is 10.3. The monoisotopic (exact) mass is 328 g/mol. The third-order valence-corrected chi connectivity index (χ3v) is 4.24. The van der Waals surface area contributed by atoms with E-state index >= 15 is 0 Å². The maximum Gasteiger partial charge on any atom is 0.329 e. The van der Waals surface area contributed by atoms with E-state index < -0.39 is 11.9 Å². The van der Waals surface area contributed by atoms with Gasteiger partial charge in [-0.2, -0.15) is 0 Å². The van der Waals surface area contributed by atoms with E-state index in [2.05, 4.69) is 15.3 Å². The smallest absolute Gasteiger partial charge is 0.295 e. The highest BCUT2D eigenvalue weighted by atomic mass is 16.2. The van der Waals surface area contributed by atoms with Crippen molar-refractivity contribution in [3.8, 4) is 0 Å². The third-order valence-electron chi connectivity index (χ3n) is 4.24. The zero-order valence-corrected chi connectivity index (χ0v) is 13.1. The second-order valence-electron chi connectivity index (χ2n) is 5.71. The standard InChI is InChI=1S/C15H16N6O3/c1-20-12-8-9(6-7-17-19-16)2-3-10(12)21(15(20)24)11-4-5-13(22)18-14(11)23/h2-3,8,11H,4-7H2,1H3,(H,18,22,23). The minimum atomic E-state index is -0.687. The van der Waals surface area contributed by atoms with Crippen LogP contribution in [-0.4, -0.2) is 27.5 Å². The minimum Gasteiger partial charge on any atom is -0.295 e. The molecule has 0 spiro atoms. The maximum atomic E-state index is 12.6. The number of nitrogens with zero attached hydrogens (tertiary/aromatic N) is 5. The Hall–Kier alpha value is -3.06. The van der Waals surface area contributed by atoms with Gasteiger partial charge in [0.15, 0.2) is 0 Å². The van der Waals surface area contributed by atoms with E-state index in [1.165, 1.54) is 9.13 Å². The number of nitrogens with one attached hydrogen (secondary N) is 1. The summed E-state index contributed by atoms with van der Waals surface area (Å²) in [6.07, 6.45) is 1.09. The Morgan fingerprint density at radius 1 is 1.33 bits per heavy atom. The van der Waals surface area contributed by atoms with Crippen molar-refractivity contribution in [2.75, 3.05) is 6.54 Å². The predicted molar refractivity (Wildman–Crippen MR) is 86.3 cm³/mol. The average molecular weight is 328 g/mol. The van der Waals surface area contributed by atoms with E-state index in [4.69, 9.17) is 5.53 Å². The lowest BCUT2D eigenvalue weighted by molar-refractivity contribution is -0.135. The van der Waals surface area contributed by atoms with Crippen LogP contribution in [0.15, 0.2) is 28.1 Å². The highest BCUT2D eigenvalue weighted by molar-refractivity contribution is 6.00. The van der Waals surface area contributed by atoms with Crippen LogP contribution in [0.2, 0.25) is 0 Å². The van der Waals surface area contributed by atoms with Crippen LogP contribution in [0.5, 0.6) is 0 Å². The normalized spacial score (nSPS) is 17.6. The largest absolute Gasteiger partial charge is 0.329 e. The van der Waals surface area contributed by atoms with Crippen molar-refractivity contribution in [3.05, 3.63) is 44.7 Å². The van der Waals surface area contributed by atoms with Gasteiger partial charge in [-0.1, -0.05) is 11.2 Å². The molecule has 2 heterocycles. The van der Waals surface area contributed by atoms with Gasteiger partial charge in [-0.15, -0.1) is 0 Å². The number of azide groups is 1. The van der Waals surface area contributed by atoms with E-state index in [1.807, 2.05) is 12.1 Å². The van der Waals surface area contributed by atoms with Gasteiger partial charge in [-0.3, -0.25) is 24.0 Å². The van der Waals surface area contributed by atoms with E-state index in [0.29, 0.717) is 30.4 Å². The molecule has 1 aromatic carbocycles. The minimum absolute atomic E-state index is 0.212. The third kappa shape index (κ3) is 2.65. The van der Waals surface area contributed by atoms with Gasteiger partial charge in [0.1, 0.15) is 6.04 Å². The molecule has 3 rings (SSSR count). The highest BCUT2D eigenvalue weighted by Gasteiger charge is 2.31. The van der Waals surface area contributed by atoms with Gasteiger partial charge in [0.05, 0.1) is 11.0 Å². The van der Waals surface area contributed by atoms with E-state index in [9.17, 15) is 14.4 Å². The topological polar surface area (TPSA) is 122 Å². The van der Waals surface area contributed by atoms with Crippen LogP contribution in [0, 0.1) is 0 Å². The zero-order valence-electron chi connectivity index (χ0n) is 13.1. The summed E-state index contributed by atoms with van der Waals surface area (Å²) in [6.45, 7) is 0.337. The van der Waals surface area contributed by atoms with Crippen LogP contribution in [0.1, 0.15) is 24.4 Å². The van der Waals surface area contributed by atoms with Gasteiger partial charge in [-0.05, 0) is 36.1 Å².